The van der Waals surface area contributed by atoms with Gasteiger partial charge in [-0.1, -0.05) is 13.3 Å². The number of carbonyl (C=O) groups excluding carboxylic acids is 2. The molecule has 1 aromatic heterocycles. The third kappa shape index (κ3) is 3.58. The topological polar surface area (TPSA) is 76.3 Å². The van der Waals surface area contributed by atoms with E-state index < -0.39 is 23.8 Å². The molecule has 120 valence electrons. The molecule has 2 amide bonds. The summed E-state index contributed by atoms with van der Waals surface area (Å²) in [6.07, 6.45) is 2.25. The summed E-state index contributed by atoms with van der Waals surface area (Å²) in [5.74, 6) is -3.79. The average molecular weight is 311 g/mol. The number of nitrogens with two attached hydrogens (primary N) is 1. The van der Waals surface area contributed by atoms with Crippen LogP contribution in [-0.4, -0.2) is 40.2 Å². The Hall–Kier alpha value is -2.05. The van der Waals surface area contributed by atoms with Crippen LogP contribution >= 0.6 is 0 Å². The summed E-state index contributed by atoms with van der Waals surface area (Å²) in [6, 6.07) is 2.24. The quantitative estimate of drug-likeness (QED) is 0.875. The van der Waals surface area contributed by atoms with Gasteiger partial charge in [0.15, 0.2) is 0 Å². The van der Waals surface area contributed by atoms with Crippen molar-refractivity contribution in [3.8, 4) is 0 Å². The first-order chi connectivity index (χ1) is 10.3. The lowest BCUT2D eigenvalue weighted by Gasteiger charge is -2.42. The van der Waals surface area contributed by atoms with E-state index in [4.69, 9.17) is 5.73 Å². The van der Waals surface area contributed by atoms with E-state index in [1.165, 1.54) is 23.2 Å². The van der Waals surface area contributed by atoms with Gasteiger partial charge in [-0.05, 0) is 18.6 Å². The Labute approximate surface area is 127 Å². The summed E-state index contributed by atoms with van der Waals surface area (Å²) in [6.45, 7) is 2.36. The highest BCUT2D eigenvalue weighted by atomic mass is 19.3. The Balaban J connectivity index is 2.18. The van der Waals surface area contributed by atoms with Crippen LogP contribution in [0.15, 0.2) is 18.3 Å². The second-order valence-electron chi connectivity index (χ2n) is 5.56. The number of hydrogen-bond donors (Lipinski definition) is 1. The molecular formula is C15H19F2N3O2. The van der Waals surface area contributed by atoms with Crippen LogP contribution < -0.4 is 5.73 Å². The molecule has 2 N–H and O–H groups in total. The highest BCUT2D eigenvalue weighted by molar-refractivity contribution is 5.97. The summed E-state index contributed by atoms with van der Waals surface area (Å²) in [5, 5.41) is 0. The van der Waals surface area contributed by atoms with E-state index in [-0.39, 0.29) is 24.1 Å². The summed E-state index contributed by atoms with van der Waals surface area (Å²) in [4.78, 5) is 29.1. The lowest BCUT2D eigenvalue weighted by atomic mass is 9.86. The molecule has 0 aromatic carbocycles. The van der Waals surface area contributed by atoms with E-state index in [0.717, 1.165) is 12.8 Å². The van der Waals surface area contributed by atoms with Gasteiger partial charge in [-0.2, -0.15) is 0 Å². The zero-order valence-corrected chi connectivity index (χ0v) is 12.4. The van der Waals surface area contributed by atoms with Crippen LogP contribution in [0.2, 0.25) is 0 Å². The number of aromatic nitrogens is 1. The number of pyridine rings is 1. The number of nitrogens with zero attached hydrogens (tertiary/aromatic N) is 2. The Bertz CT molecular complexity index is 570. The van der Waals surface area contributed by atoms with Crippen molar-refractivity contribution >= 4 is 11.8 Å². The first-order valence-electron chi connectivity index (χ1n) is 7.28. The standard InChI is InChI=1S/C15H19F2N3O2/c1-2-3-6-20(11-8-15(16,17)9-11)14(22)12-7-10(13(18)21)4-5-19-12/h4-5,7,11H,2-3,6,8-9H2,1H3,(H2,18,21). The molecule has 7 heteroatoms. The number of alkyl halides is 2. The van der Waals surface area contributed by atoms with Crippen molar-refractivity contribution in [3.05, 3.63) is 29.6 Å². The molecule has 0 atom stereocenters. The van der Waals surface area contributed by atoms with Gasteiger partial charge in [0, 0.05) is 37.2 Å². The minimum absolute atomic E-state index is 0.0580. The van der Waals surface area contributed by atoms with Gasteiger partial charge in [0.05, 0.1) is 0 Å². The number of halogens is 2. The second-order valence-corrected chi connectivity index (χ2v) is 5.56. The van der Waals surface area contributed by atoms with Crippen molar-refractivity contribution in [2.45, 2.75) is 44.6 Å². The van der Waals surface area contributed by atoms with Crippen molar-refractivity contribution in [1.82, 2.24) is 9.88 Å². The number of hydrogen-bond acceptors (Lipinski definition) is 3. The van der Waals surface area contributed by atoms with Gasteiger partial charge >= 0.3 is 0 Å². The Morgan fingerprint density at radius 1 is 1.45 bits per heavy atom. The van der Waals surface area contributed by atoms with E-state index >= 15 is 0 Å². The zero-order valence-electron chi connectivity index (χ0n) is 12.4. The Morgan fingerprint density at radius 3 is 2.68 bits per heavy atom. The largest absolute Gasteiger partial charge is 0.366 e. The lowest BCUT2D eigenvalue weighted by Crippen LogP contribution is -2.53. The van der Waals surface area contributed by atoms with Gasteiger partial charge < -0.3 is 10.6 Å². The van der Waals surface area contributed by atoms with Crippen LogP contribution in [-0.2, 0) is 0 Å². The van der Waals surface area contributed by atoms with Crippen LogP contribution in [0.5, 0.6) is 0 Å². The first kappa shape index (κ1) is 16.3. The van der Waals surface area contributed by atoms with Crippen molar-refractivity contribution in [2.75, 3.05) is 6.54 Å². The maximum atomic E-state index is 13.1. The summed E-state index contributed by atoms with van der Waals surface area (Å²) in [7, 11) is 0. The van der Waals surface area contributed by atoms with E-state index in [9.17, 15) is 18.4 Å². The van der Waals surface area contributed by atoms with Crippen LogP contribution in [0.4, 0.5) is 8.78 Å². The number of amides is 2. The fourth-order valence-corrected chi connectivity index (χ4v) is 2.48. The van der Waals surface area contributed by atoms with Crippen molar-refractivity contribution in [1.29, 1.82) is 0 Å². The number of unbranched alkanes of at least 4 members (excludes halogenated alkanes) is 1. The molecule has 5 nitrogen and oxygen atoms in total. The minimum atomic E-state index is -2.70. The molecule has 0 radical (unpaired) electrons. The van der Waals surface area contributed by atoms with Gasteiger partial charge in [0.2, 0.25) is 5.91 Å². The molecule has 2 rings (SSSR count). The normalized spacial score (nSPS) is 16.9. The Morgan fingerprint density at radius 2 is 2.14 bits per heavy atom. The fourth-order valence-electron chi connectivity index (χ4n) is 2.48. The van der Waals surface area contributed by atoms with Gasteiger partial charge in [-0.3, -0.25) is 14.6 Å². The molecule has 0 unspecified atom stereocenters. The predicted octanol–water partition coefficient (Wildman–Crippen LogP) is 2.22. The molecule has 1 heterocycles. The number of primary amides is 1. The molecule has 1 aliphatic rings. The van der Waals surface area contributed by atoms with Crippen LogP contribution in [0.3, 0.4) is 0 Å². The molecular weight excluding hydrogens is 292 g/mol. The second kappa shape index (κ2) is 6.37. The van der Waals surface area contributed by atoms with Crippen molar-refractivity contribution < 1.29 is 18.4 Å². The van der Waals surface area contributed by atoms with Crippen LogP contribution in [0, 0.1) is 0 Å². The van der Waals surface area contributed by atoms with Gasteiger partial charge in [-0.15, -0.1) is 0 Å². The van der Waals surface area contributed by atoms with E-state index in [1.807, 2.05) is 6.92 Å². The average Bonchev–Trinajstić information content (AvgIpc) is 2.45. The van der Waals surface area contributed by atoms with E-state index in [1.54, 1.807) is 0 Å². The smallest absolute Gasteiger partial charge is 0.272 e. The minimum Gasteiger partial charge on any atom is -0.366 e. The number of rotatable bonds is 6. The first-order valence-corrected chi connectivity index (χ1v) is 7.28. The molecule has 1 saturated carbocycles. The highest BCUT2D eigenvalue weighted by Gasteiger charge is 2.49. The lowest BCUT2D eigenvalue weighted by molar-refractivity contribution is -0.116. The Kier molecular flexibility index (Phi) is 4.73. The van der Waals surface area contributed by atoms with Gasteiger partial charge in [0.1, 0.15) is 5.69 Å². The highest BCUT2D eigenvalue weighted by Crippen LogP contribution is 2.40. The predicted molar refractivity (Wildman–Crippen MR) is 76.7 cm³/mol. The van der Waals surface area contributed by atoms with E-state index in [0.29, 0.717) is 6.54 Å². The number of carbonyl (C=O) groups is 2. The molecule has 0 spiro atoms. The van der Waals surface area contributed by atoms with Gasteiger partial charge in [0.25, 0.3) is 11.8 Å². The summed E-state index contributed by atoms with van der Waals surface area (Å²) >= 11 is 0. The molecule has 1 aromatic rings. The van der Waals surface area contributed by atoms with Crippen molar-refractivity contribution in [2.24, 2.45) is 5.73 Å². The third-order valence-electron chi connectivity index (χ3n) is 3.79. The SMILES string of the molecule is CCCCN(C(=O)c1cc(C(N)=O)ccn1)C1CC(F)(F)C1. The molecule has 0 aliphatic heterocycles. The van der Waals surface area contributed by atoms with E-state index in [2.05, 4.69) is 4.98 Å². The fraction of sp³-hybridized carbons (Fsp3) is 0.533. The van der Waals surface area contributed by atoms with Crippen molar-refractivity contribution in [3.63, 3.8) is 0 Å². The van der Waals surface area contributed by atoms with Crippen LogP contribution in [0.1, 0.15) is 53.5 Å². The molecule has 1 fully saturated rings. The molecule has 0 saturated heterocycles. The molecule has 1 aliphatic carbocycles. The maximum absolute atomic E-state index is 13.1. The van der Waals surface area contributed by atoms with Gasteiger partial charge in [-0.25, -0.2) is 8.78 Å². The summed E-state index contributed by atoms with van der Waals surface area (Å²) < 4.78 is 26.2. The monoisotopic (exact) mass is 311 g/mol. The van der Waals surface area contributed by atoms with Crippen LogP contribution in [0.25, 0.3) is 0 Å². The molecule has 0 bridgehead atoms. The summed E-state index contributed by atoms with van der Waals surface area (Å²) in [5.41, 5.74) is 5.41. The third-order valence-corrected chi connectivity index (χ3v) is 3.79. The maximum Gasteiger partial charge on any atom is 0.272 e. The zero-order chi connectivity index (χ0) is 16.3. The molecule has 22 heavy (non-hydrogen) atoms.